The molecular weight excluding hydrogens is 336 g/mol. The van der Waals surface area contributed by atoms with Gasteiger partial charge in [-0.05, 0) is 45.7 Å². The Morgan fingerprint density at radius 3 is 2.19 bits per heavy atom. The molecule has 4 heteroatoms. The SMILES string of the molecule is Cc1ccc(CN(C(=O)Cc2cccc(C)c2)C(C)C(=O)NC(C)C)cc1. The smallest absolute Gasteiger partial charge is 0.242 e. The molecule has 0 aliphatic carbocycles. The first kappa shape index (κ1) is 20.7. The summed E-state index contributed by atoms with van der Waals surface area (Å²) >= 11 is 0. The summed E-state index contributed by atoms with van der Waals surface area (Å²) in [5.74, 6) is -0.178. The van der Waals surface area contributed by atoms with Gasteiger partial charge >= 0.3 is 0 Å². The molecule has 0 saturated carbocycles. The lowest BCUT2D eigenvalue weighted by Crippen LogP contribution is -2.49. The molecule has 1 atom stereocenters. The van der Waals surface area contributed by atoms with E-state index in [1.807, 2.05) is 76.2 Å². The van der Waals surface area contributed by atoms with Crippen molar-refractivity contribution in [3.63, 3.8) is 0 Å². The highest BCUT2D eigenvalue weighted by Crippen LogP contribution is 2.14. The van der Waals surface area contributed by atoms with E-state index in [4.69, 9.17) is 0 Å². The number of aryl methyl sites for hydroxylation is 2. The predicted molar refractivity (Wildman–Crippen MR) is 109 cm³/mol. The Labute approximate surface area is 162 Å². The zero-order chi connectivity index (χ0) is 20.0. The summed E-state index contributed by atoms with van der Waals surface area (Å²) in [4.78, 5) is 27.3. The number of carbonyl (C=O) groups is 2. The number of nitrogens with one attached hydrogen (secondary N) is 1. The maximum atomic E-state index is 13.1. The molecule has 0 saturated heterocycles. The third-order valence-corrected chi connectivity index (χ3v) is 4.51. The largest absolute Gasteiger partial charge is 0.352 e. The van der Waals surface area contributed by atoms with Crippen LogP contribution in [0.3, 0.4) is 0 Å². The van der Waals surface area contributed by atoms with E-state index in [9.17, 15) is 9.59 Å². The molecule has 0 spiro atoms. The predicted octanol–water partition coefficient (Wildman–Crippen LogP) is 3.79. The minimum atomic E-state index is -0.536. The molecule has 144 valence electrons. The molecule has 0 aliphatic rings. The van der Waals surface area contributed by atoms with E-state index in [1.165, 1.54) is 5.56 Å². The highest BCUT2D eigenvalue weighted by atomic mass is 16.2. The fourth-order valence-electron chi connectivity index (χ4n) is 2.98. The second-order valence-electron chi connectivity index (χ2n) is 7.51. The molecule has 2 aromatic rings. The Morgan fingerprint density at radius 1 is 0.926 bits per heavy atom. The molecule has 2 rings (SSSR count). The molecule has 4 nitrogen and oxygen atoms in total. The quantitative estimate of drug-likeness (QED) is 0.810. The maximum absolute atomic E-state index is 13.1. The molecule has 2 amide bonds. The lowest BCUT2D eigenvalue weighted by Gasteiger charge is -2.29. The van der Waals surface area contributed by atoms with E-state index >= 15 is 0 Å². The molecule has 2 aromatic carbocycles. The van der Waals surface area contributed by atoms with Gasteiger partial charge in [0.1, 0.15) is 6.04 Å². The third-order valence-electron chi connectivity index (χ3n) is 4.51. The number of amides is 2. The molecule has 1 unspecified atom stereocenters. The van der Waals surface area contributed by atoms with Crippen LogP contribution in [0.1, 0.15) is 43.0 Å². The third kappa shape index (κ3) is 6.24. The highest BCUT2D eigenvalue weighted by Gasteiger charge is 2.26. The monoisotopic (exact) mass is 366 g/mol. The number of benzene rings is 2. The van der Waals surface area contributed by atoms with Crippen molar-refractivity contribution in [1.82, 2.24) is 10.2 Å². The van der Waals surface area contributed by atoms with Crippen LogP contribution in [0.4, 0.5) is 0 Å². The summed E-state index contributed by atoms with van der Waals surface area (Å²) in [6.07, 6.45) is 0.285. The molecule has 0 aliphatic heterocycles. The molecule has 0 fully saturated rings. The Morgan fingerprint density at radius 2 is 1.59 bits per heavy atom. The first-order valence-electron chi connectivity index (χ1n) is 9.47. The lowest BCUT2D eigenvalue weighted by molar-refractivity contribution is -0.140. The molecule has 0 bridgehead atoms. The van der Waals surface area contributed by atoms with Crippen LogP contribution in [-0.4, -0.2) is 28.8 Å². The van der Waals surface area contributed by atoms with Gasteiger partial charge in [-0.15, -0.1) is 0 Å². The van der Waals surface area contributed by atoms with Crippen LogP contribution >= 0.6 is 0 Å². The van der Waals surface area contributed by atoms with Crippen LogP contribution in [0, 0.1) is 13.8 Å². The average Bonchev–Trinajstić information content (AvgIpc) is 2.60. The topological polar surface area (TPSA) is 49.4 Å². The van der Waals surface area contributed by atoms with Gasteiger partial charge in [0, 0.05) is 12.6 Å². The summed E-state index contributed by atoms with van der Waals surface area (Å²) in [6.45, 7) is 10.1. The van der Waals surface area contributed by atoms with Crippen molar-refractivity contribution in [1.29, 1.82) is 0 Å². The summed E-state index contributed by atoms with van der Waals surface area (Å²) in [5, 5.41) is 2.91. The Bertz CT molecular complexity index is 781. The van der Waals surface area contributed by atoms with Crippen molar-refractivity contribution in [3.05, 3.63) is 70.8 Å². The van der Waals surface area contributed by atoms with Gasteiger partial charge in [-0.2, -0.15) is 0 Å². The summed E-state index contributed by atoms with van der Waals surface area (Å²) in [7, 11) is 0. The Kier molecular flexibility index (Phi) is 7.17. The van der Waals surface area contributed by atoms with Gasteiger partial charge in [-0.3, -0.25) is 9.59 Å². The van der Waals surface area contributed by atoms with Gasteiger partial charge < -0.3 is 10.2 Å². The Balaban J connectivity index is 2.22. The van der Waals surface area contributed by atoms with Gasteiger partial charge in [0.15, 0.2) is 0 Å². The zero-order valence-electron chi connectivity index (χ0n) is 17.0. The average molecular weight is 367 g/mol. The van der Waals surface area contributed by atoms with Crippen LogP contribution in [0.15, 0.2) is 48.5 Å². The second-order valence-corrected chi connectivity index (χ2v) is 7.51. The minimum Gasteiger partial charge on any atom is -0.352 e. The molecule has 0 radical (unpaired) electrons. The standard InChI is InChI=1S/C23H30N2O2/c1-16(2)24-23(27)19(5)25(15-20-11-9-17(3)10-12-20)22(26)14-21-8-6-7-18(4)13-21/h6-13,16,19H,14-15H2,1-5H3,(H,24,27). The highest BCUT2D eigenvalue weighted by molar-refractivity contribution is 5.88. The number of hydrogen-bond acceptors (Lipinski definition) is 2. The molecule has 1 N–H and O–H groups in total. The van der Waals surface area contributed by atoms with Crippen LogP contribution in [-0.2, 0) is 22.6 Å². The van der Waals surface area contributed by atoms with Gasteiger partial charge in [-0.1, -0.05) is 59.7 Å². The van der Waals surface area contributed by atoms with E-state index in [2.05, 4.69) is 5.32 Å². The Hall–Kier alpha value is -2.62. The number of rotatable bonds is 7. The normalized spacial score (nSPS) is 11.9. The number of nitrogens with zero attached hydrogens (tertiary/aromatic N) is 1. The summed E-state index contributed by atoms with van der Waals surface area (Å²) in [6, 6.07) is 15.5. The van der Waals surface area contributed by atoms with E-state index in [0.717, 1.165) is 16.7 Å². The van der Waals surface area contributed by atoms with Crippen molar-refractivity contribution in [2.75, 3.05) is 0 Å². The van der Waals surface area contributed by atoms with E-state index in [0.29, 0.717) is 6.54 Å². The van der Waals surface area contributed by atoms with Crippen LogP contribution in [0.2, 0.25) is 0 Å². The van der Waals surface area contributed by atoms with Crippen LogP contribution in [0.5, 0.6) is 0 Å². The summed E-state index contributed by atoms with van der Waals surface area (Å²) < 4.78 is 0. The number of carbonyl (C=O) groups excluding carboxylic acids is 2. The van der Waals surface area contributed by atoms with Crippen molar-refractivity contribution >= 4 is 11.8 Å². The van der Waals surface area contributed by atoms with Crippen molar-refractivity contribution in [2.45, 2.75) is 59.7 Å². The minimum absolute atomic E-state index is 0.0352. The molecule has 0 heterocycles. The van der Waals surface area contributed by atoms with E-state index < -0.39 is 6.04 Å². The fourth-order valence-corrected chi connectivity index (χ4v) is 2.98. The van der Waals surface area contributed by atoms with Gasteiger partial charge in [0.25, 0.3) is 0 Å². The van der Waals surface area contributed by atoms with Crippen molar-refractivity contribution in [3.8, 4) is 0 Å². The maximum Gasteiger partial charge on any atom is 0.242 e. The summed E-state index contributed by atoms with van der Waals surface area (Å²) in [5.41, 5.74) is 4.27. The van der Waals surface area contributed by atoms with Gasteiger partial charge in [0.05, 0.1) is 6.42 Å². The number of hydrogen-bond donors (Lipinski definition) is 1. The van der Waals surface area contributed by atoms with Crippen LogP contribution in [0.25, 0.3) is 0 Å². The molecular formula is C23H30N2O2. The van der Waals surface area contributed by atoms with Crippen molar-refractivity contribution < 1.29 is 9.59 Å². The van der Waals surface area contributed by atoms with Crippen molar-refractivity contribution in [2.24, 2.45) is 0 Å². The lowest BCUT2D eigenvalue weighted by atomic mass is 10.1. The van der Waals surface area contributed by atoms with Gasteiger partial charge in [0.2, 0.25) is 11.8 Å². The zero-order valence-corrected chi connectivity index (χ0v) is 17.0. The van der Waals surface area contributed by atoms with Crippen LogP contribution < -0.4 is 5.32 Å². The molecule has 0 aromatic heterocycles. The van der Waals surface area contributed by atoms with E-state index in [1.54, 1.807) is 11.8 Å². The molecule has 27 heavy (non-hydrogen) atoms. The first-order valence-corrected chi connectivity index (χ1v) is 9.47. The fraction of sp³-hybridized carbons (Fsp3) is 0.391. The first-order chi connectivity index (χ1) is 12.8. The van der Waals surface area contributed by atoms with Gasteiger partial charge in [-0.25, -0.2) is 0 Å². The van der Waals surface area contributed by atoms with E-state index in [-0.39, 0.29) is 24.3 Å². The second kappa shape index (κ2) is 9.36.